The predicted octanol–water partition coefficient (Wildman–Crippen LogP) is 6.95. The number of benzene rings is 2. The van der Waals surface area contributed by atoms with E-state index in [2.05, 4.69) is 37.5 Å². The van der Waals surface area contributed by atoms with Gasteiger partial charge in [-0.05, 0) is 47.2 Å². The van der Waals surface area contributed by atoms with Gasteiger partial charge in [0.25, 0.3) is 5.91 Å². The Hall–Kier alpha value is -5.53. The van der Waals surface area contributed by atoms with Gasteiger partial charge in [0.05, 0.1) is 23.4 Å². The second-order valence-corrected chi connectivity index (χ2v) is 15.4. The van der Waals surface area contributed by atoms with Crippen LogP contribution in [0.2, 0.25) is 0 Å². The van der Waals surface area contributed by atoms with Crippen molar-refractivity contribution in [2.45, 2.75) is 89.8 Å². The number of hydrogen-bond donors (Lipinski definition) is 4. The number of thiophene rings is 1. The lowest BCUT2D eigenvalue weighted by Crippen LogP contribution is -2.54. The van der Waals surface area contributed by atoms with Gasteiger partial charge >= 0.3 is 5.97 Å². The molecule has 2 unspecified atom stereocenters. The summed E-state index contributed by atoms with van der Waals surface area (Å²) in [4.78, 5) is 57.8. The van der Waals surface area contributed by atoms with E-state index in [0.717, 1.165) is 33.7 Å². The predicted molar refractivity (Wildman–Crippen MR) is 212 cm³/mol. The molecule has 3 heterocycles. The number of amides is 2. The van der Waals surface area contributed by atoms with Crippen LogP contribution >= 0.6 is 11.3 Å². The number of carboxylic acid groups (broad SMARTS) is 1. The van der Waals surface area contributed by atoms with Crippen LogP contribution in [0.4, 0.5) is 0 Å². The summed E-state index contributed by atoms with van der Waals surface area (Å²) in [5.74, 6) is -1.41. The highest BCUT2D eigenvalue weighted by Crippen LogP contribution is 2.30. The third kappa shape index (κ3) is 11.5. The Morgan fingerprint density at radius 1 is 0.800 bits per heavy atom. The molecule has 5 rings (SSSR count). The molecule has 0 bridgehead atoms. The fraction of sp³-hybridized carbons (Fsp3) is 0.357. The van der Waals surface area contributed by atoms with E-state index in [1.807, 2.05) is 63.2 Å². The maximum atomic E-state index is 13.7. The quantitative estimate of drug-likeness (QED) is 0.0683. The molecule has 0 aliphatic rings. The first-order valence-electron chi connectivity index (χ1n) is 18.5. The second-order valence-electron chi connectivity index (χ2n) is 14.3. The number of aliphatic hydroxyl groups excluding tert-OH is 1. The number of nitrogens with zero attached hydrogens (tertiary/aromatic N) is 4. The van der Waals surface area contributed by atoms with Crippen LogP contribution in [0.5, 0.6) is 5.75 Å². The van der Waals surface area contributed by atoms with E-state index in [1.54, 1.807) is 30.6 Å². The normalized spacial score (nSPS) is 13.0. The zero-order valence-electron chi connectivity index (χ0n) is 31.6. The maximum Gasteiger partial charge on any atom is 0.329 e. The lowest BCUT2D eigenvalue weighted by atomic mass is 9.95. The summed E-state index contributed by atoms with van der Waals surface area (Å²) in [5, 5.41) is 25.9. The van der Waals surface area contributed by atoms with Gasteiger partial charge in [-0.25, -0.2) is 14.8 Å². The highest BCUT2D eigenvalue weighted by atomic mass is 32.1. The standard InChI is InChI=1S/C42H48N6O6S/c1-5-6-7-8-9-22-54-31-16-14-28(15-17-31)30-24-45-38(46-25-30)29-12-10-27(11-13-29)23-32(47-40(51)34-18-19-35(55-34)42(2,3)4)39(50)48-36(41(52)53)37(49)33-26-43-20-21-44-33/h10-21,24-26,32,36-37,49H,5-9,22-23H2,1-4H3,(H,47,51)(H,48,50)(H,52,53)/t32-,36?,37?/m0/s1. The zero-order valence-corrected chi connectivity index (χ0v) is 32.4. The van der Waals surface area contributed by atoms with E-state index in [4.69, 9.17) is 4.74 Å². The minimum Gasteiger partial charge on any atom is -0.494 e. The Labute approximate surface area is 325 Å². The number of rotatable bonds is 18. The highest BCUT2D eigenvalue weighted by Gasteiger charge is 2.34. The molecule has 0 radical (unpaired) electrons. The van der Waals surface area contributed by atoms with Gasteiger partial charge in [-0.15, -0.1) is 11.3 Å². The second kappa shape index (κ2) is 19.2. The minimum atomic E-state index is -1.75. The van der Waals surface area contributed by atoms with Gasteiger partial charge in [0, 0.05) is 47.2 Å². The largest absolute Gasteiger partial charge is 0.494 e. The van der Waals surface area contributed by atoms with Crippen LogP contribution in [-0.2, 0) is 21.4 Å². The average Bonchev–Trinajstić information content (AvgIpc) is 3.71. The molecule has 288 valence electrons. The van der Waals surface area contributed by atoms with E-state index in [1.165, 1.54) is 55.6 Å². The molecule has 0 aliphatic carbocycles. The van der Waals surface area contributed by atoms with Gasteiger partial charge in [0.2, 0.25) is 5.91 Å². The van der Waals surface area contributed by atoms with E-state index in [0.29, 0.717) is 22.9 Å². The molecule has 0 spiro atoms. The maximum absolute atomic E-state index is 13.7. The Bertz CT molecular complexity index is 2000. The first-order valence-corrected chi connectivity index (χ1v) is 19.3. The SMILES string of the molecule is CCCCCCCOc1ccc(-c2cnc(-c3ccc(C[C@H](NC(=O)c4ccc(C(C)(C)C)s4)C(=O)NC(C(=O)O)C(O)c4cnccn4)cc3)nc2)cc1. The molecule has 2 amide bonds. The van der Waals surface area contributed by atoms with Crippen molar-refractivity contribution in [3.8, 4) is 28.3 Å². The van der Waals surface area contributed by atoms with Crippen LogP contribution in [-0.4, -0.2) is 66.6 Å². The van der Waals surface area contributed by atoms with Gasteiger partial charge in [-0.2, -0.15) is 0 Å². The van der Waals surface area contributed by atoms with Crippen molar-refractivity contribution in [3.63, 3.8) is 0 Å². The molecular formula is C42H48N6O6S. The topological polar surface area (TPSA) is 177 Å². The lowest BCUT2D eigenvalue weighted by molar-refractivity contribution is -0.145. The molecule has 13 heteroatoms. The van der Waals surface area contributed by atoms with Gasteiger partial charge in [-0.1, -0.05) is 89.8 Å². The van der Waals surface area contributed by atoms with Crippen LogP contribution in [0.1, 0.15) is 91.7 Å². The fourth-order valence-electron chi connectivity index (χ4n) is 5.76. The Kier molecular flexibility index (Phi) is 14.2. The fourth-order valence-corrected chi connectivity index (χ4v) is 6.72. The van der Waals surface area contributed by atoms with Gasteiger partial charge in [0.1, 0.15) is 17.9 Å². The van der Waals surface area contributed by atoms with Crippen molar-refractivity contribution in [3.05, 3.63) is 113 Å². The van der Waals surface area contributed by atoms with Crippen LogP contribution in [0.3, 0.4) is 0 Å². The number of aromatic nitrogens is 4. The third-order valence-corrected chi connectivity index (χ3v) is 10.5. The summed E-state index contributed by atoms with van der Waals surface area (Å²) in [6.07, 6.45) is 11.7. The number of unbranched alkanes of at least 4 members (excludes halogenated alkanes) is 4. The smallest absolute Gasteiger partial charge is 0.329 e. The van der Waals surface area contributed by atoms with Crippen molar-refractivity contribution in [2.24, 2.45) is 0 Å². The first-order chi connectivity index (χ1) is 26.4. The van der Waals surface area contributed by atoms with Crippen molar-refractivity contribution >= 4 is 29.1 Å². The van der Waals surface area contributed by atoms with Crippen LogP contribution in [0, 0.1) is 0 Å². The van der Waals surface area contributed by atoms with Crippen LogP contribution in [0.15, 0.2) is 91.6 Å². The van der Waals surface area contributed by atoms with Gasteiger partial charge in [0.15, 0.2) is 11.9 Å². The third-order valence-electron chi connectivity index (χ3n) is 8.96. The van der Waals surface area contributed by atoms with Gasteiger partial charge < -0.3 is 25.6 Å². The van der Waals surface area contributed by atoms with Crippen molar-refractivity contribution in [2.75, 3.05) is 6.61 Å². The molecule has 0 fully saturated rings. The Morgan fingerprint density at radius 2 is 1.49 bits per heavy atom. The number of hydrogen-bond acceptors (Lipinski definition) is 10. The molecule has 4 N–H and O–H groups in total. The number of aliphatic hydroxyl groups is 1. The summed E-state index contributed by atoms with van der Waals surface area (Å²) in [7, 11) is 0. The molecule has 0 saturated heterocycles. The number of aliphatic carboxylic acids is 1. The van der Waals surface area contributed by atoms with Crippen LogP contribution in [0.25, 0.3) is 22.5 Å². The molecule has 55 heavy (non-hydrogen) atoms. The Morgan fingerprint density at radius 3 is 2.11 bits per heavy atom. The van der Waals surface area contributed by atoms with Crippen molar-refractivity contribution < 1.29 is 29.3 Å². The van der Waals surface area contributed by atoms with Crippen LogP contribution < -0.4 is 15.4 Å². The Balaban J connectivity index is 1.27. The molecule has 2 aromatic carbocycles. The van der Waals surface area contributed by atoms with Crippen molar-refractivity contribution in [1.82, 2.24) is 30.6 Å². The summed E-state index contributed by atoms with van der Waals surface area (Å²) in [5.41, 5.74) is 3.06. The highest BCUT2D eigenvalue weighted by molar-refractivity contribution is 7.14. The molecule has 12 nitrogen and oxygen atoms in total. The number of ether oxygens (including phenoxy) is 1. The van der Waals surface area contributed by atoms with E-state index in [-0.39, 0.29) is 17.5 Å². The summed E-state index contributed by atoms with van der Waals surface area (Å²) in [6.45, 7) is 9.03. The molecule has 3 atom stereocenters. The average molecular weight is 765 g/mol. The number of carbonyl (C=O) groups excluding carboxylic acids is 2. The number of nitrogens with one attached hydrogen (secondary N) is 2. The number of carbonyl (C=O) groups is 3. The van der Waals surface area contributed by atoms with Crippen molar-refractivity contribution in [1.29, 1.82) is 0 Å². The molecule has 0 saturated carbocycles. The zero-order chi connectivity index (χ0) is 39.4. The monoisotopic (exact) mass is 764 g/mol. The van der Waals surface area contributed by atoms with E-state index in [9.17, 15) is 24.6 Å². The minimum absolute atomic E-state index is 0.0266. The van der Waals surface area contributed by atoms with E-state index < -0.39 is 36.0 Å². The number of carboxylic acids is 1. The molecule has 3 aromatic heterocycles. The van der Waals surface area contributed by atoms with E-state index >= 15 is 0 Å². The first kappa shape index (κ1) is 40.7. The van der Waals surface area contributed by atoms with Gasteiger partial charge in [-0.3, -0.25) is 19.6 Å². The molecular weight excluding hydrogens is 717 g/mol. The lowest BCUT2D eigenvalue weighted by Gasteiger charge is -2.24. The molecule has 0 aliphatic heterocycles. The molecule has 5 aromatic rings. The summed E-state index contributed by atoms with van der Waals surface area (Å²) >= 11 is 1.32. The summed E-state index contributed by atoms with van der Waals surface area (Å²) in [6, 6.07) is 15.8. The summed E-state index contributed by atoms with van der Waals surface area (Å²) < 4.78 is 5.89.